The monoisotopic (exact) mass is 1240 g/mol. The average Bonchev–Trinajstić information content (AvgIpc) is 0.858. The number of benzene rings is 3. The number of ether oxygens (including phenoxy) is 8. The summed E-state index contributed by atoms with van der Waals surface area (Å²) < 4.78 is 50.4. The van der Waals surface area contributed by atoms with E-state index < -0.39 is 53.1 Å². The summed E-state index contributed by atoms with van der Waals surface area (Å²) in [6.45, 7) is 9.80. The van der Waals surface area contributed by atoms with Crippen molar-refractivity contribution >= 4 is 35.6 Å². The van der Waals surface area contributed by atoms with E-state index in [0.29, 0.717) is 88.3 Å². The van der Waals surface area contributed by atoms with E-state index in [1.807, 2.05) is 27.0 Å². The minimum Gasteiger partial charge on any atom is -0.493 e. The first-order valence-corrected chi connectivity index (χ1v) is 35.0. The Kier molecular flexibility index (Phi) is 24.7. The average molecular weight is 1240 g/mol. The number of nitrogens with zero attached hydrogens (tertiary/aromatic N) is 2. The van der Waals surface area contributed by atoms with Gasteiger partial charge in [-0.2, -0.15) is 0 Å². The number of unbranched alkanes of at least 4 members (excludes halogenated alkanes) is 24. The van der Waals surface area contributed by atoms with Crippen molar-refractivity contribution in [3.8, 4) is 40.2 Å². The lowest BCUT2D eigenvalue weighted by Gasteiger charge is -2.62. The number of esters is 4. The van der Waals surface area contributed by atoms with Crippen LogP contribution in [0, 0.1) is 13.8 Å². The molecule has 0 radical (unpaired) electrons. The van der Waals surface area contributed by atoms with Gasteiger partial charge >= 0.3 is 23.9 Å². The Labute approximate surface area is 528 Å². The van der Waals surface area contributed by atoms with E-state index in [4.69, 9.17) is 37.9 Å². The second kappa shape index (κ2) is 32.3. The van der Waals surface area contributed by atoms with Gasteiger partial charge in [0, 0.05) is 60.4 Å². The molecule has 1 spiro atoms. The molecule has 0 amide bonds. The molecule has 7 atom stereocenters. The van der Waals surface area contributed by atoms with Crippen molar-refractivity contribution in [3.63, 3.8) is 0 Å². The summed E-state index contributed by atoms with van der Waals surface area (Å²) in [5.74, 6) is 1.03. The van der Waals surface area contributed by atoms with Crippen molar-refractivity contribution in [1.82, 2.24) is 15.1 Å². The molecule has 17 heteroatoms. The Hall–Kier alpha value is -5.07. The molecule has 10 rings (SSSR count). The van der Waals surface area contributed by atoms with Crippen LogP contribution < -0.4 is 38.5 Å². The van der Waals surface area contributed by atoms with E-state index in [9.17, 15) is 19.5 Å². The Balaban J connectivity index is 0.991. The van der Waals surface area contributed by atoms with E-state index >= 15 is 4.79 Å². The maximum absolute atomic E-state index is 15.4. The van der Waals surface area contributed by atoms with Gasteiger partial charge in [0.1, 0.15) is 18.6 Å². The van der Waals surface area contributed by atoms with E-state index in [2.05, 4.69) is 35.0 Å². The third-order valence-electron chi connectivity index (χ3n) is 19.6. The van der Waals surface area contributed by atoms with Gasteiger partial charge in [-0.3, -0.25) is 29.5 Å². The number of thioether (sulfide) groups is 1. The van der Waals surface area contributed by atoms with Crippen molar-refractivity contribution in [2.24, 2.45) is 0 Å². The van der Waals surface area contributed by atoms with Gasteiger partial charge in [0.25, 0.3) is 0 Å². The molecular formula is C71H103N3O13S. The Morgan fingerprint density at radius 3 is 1.80 bits per heavy atom. The van der Waals surface area contributed by atoms with E-state index in [-0.39, 0.29) is 43.9 Å². The zero-order valence-electron chi connectivity index (χ0n) is 54.4. The summed E-state index contributed by atoms with van der Waals surface area (Å²) in [6.07, 6.45) is 31.7. The second-order valence-corrected chi connectivity index (χ2v) is 27.0. The zero-order chi connectivity index (χ0) is 62.3. The van der Waals surface area contributed by atoms with Gasteiger partial charge in [-0.25, -0.2) is 4.79 Å². The first kappa shape index (κ1) is 67.3. The first-order chi connectivity index (χ1) is 42.8. The maximum Gasteiger partial charge on any atom is 0.331 e. The third kappa shape index (κ3) is 15.1. The highest BCUT2D eigenvalue weighted by Gasteiger charge is 2.62. The van der Waals surface area contributed by atoms with Gasteiger partial charge in [0.05, 0.1) is 37.6 Å². The molecule has 0 aromatic heterocycles. The quantitative estimate of drug-likeness (QED) is 0.0333. The van der Waals surface area contributed by atoms with Gasteiger partial charge in [-0.15, -0.1) is 11.8 Å². The summed E-state index contributed by atoms with van der Waals surface area (Å²) in [6, 6.07) is 3.25. The predicted octanol–water partition coefficient (Wildman–Crippen LogP) is 14.8. The normalized spacial score (nSPS) is 22.5. The highest BCUT2D eigenvalue weighted by molar-refractivity contribution is 7.99. The van der Waals surface area contributed by atoms with Crippen molar-refractivity contribution in [2.75, 3.05) is 47.0 Å². The molecule has 2 saturated heterocycles. The molecule has 88 heavy (non-hydrogen) atoms. The topological polar surface area (TPSA) is 181 Å². The third-order valence-corrected chi connectivity index (χ3v) is 21.1. The molecule has 486 valence electrons. The van der Waals surface area contributed by atoms with Crippen LogP contribution in [0.4, 0.5) is 0 Å². The highest BCUT2D eigenvalue weighted by atomic mass is 32.2. The number of carbonyl (C=O) groups excluding carboxylic acids is 4. The molecule has 3 aromatic rings. The number of aliphatic hydroxyl groups is 1. The number of aliphatic hydroxyl groups excluding tert-OH is 1. The number of methoxy groups -OCH3 is 2. The van der Waals surface area contributed by atoms with E-state index in [1.54, 1.807) is 13.2 Å². The summed E-state index contributed by atoms with van der Waals surface area (Å²) in [7, 11) is 5.15. The molecule has 7 heterocycles. The van der Waals surface area contributed by atoms with Gasteiger partial charge in [0.2, 0.25) is 6.79 Å². The van der Waals surface area contributed by atoms with Crippen LogP contribution in [0.2, 0.25) is 0 Å². The molecule has 4 bridgehead atoms. The Morgan fingerprint density at radius 1 is 0.659 bits per heavy atom. The molecule has 0 aliphatic carbocycles. The van der Waals surface area contributed by atoms with Crippen LogP contribution in [-0.2, 0) is 42.3 Å². The number of hydrogen-bond acceptors (Lipinski definition) is 17. The molecule has 2 fully saturated rings. The number of likely N-dealkylation sites (N-methyl/N-ethyl adjacent to an activating group) is 1. The lowest BCUT2D eigenvalue weighted by atomic mass is 9.73. The number of rotatable bonds is 33. The van der Waals surface area contributed by atoms with Crippen molar-refractivity contribution in [2.45, 2.75) is 268 Å². The highest BCUT2D eigenvalue weighted by Crippen LogP contribution is 2.65. The van der Waals surface area contributed by atoms with E-state index in [1.165, 1.54) is 148 Å². The van der Waals surface area contributed by atoms with Crippen molar-refractivity contribution in [3.05, 3.63) is 62.7 Å². The van der Waals surface area contributed by atoms with Crippen LogP contribution in [0.5, 0.6) is 40.2 Å². The Morgan fingerprint density at radius 2 is 1.23 bits per heavy atom. The van der Waals surface area contributed by atoms with Crippen LogP contribution in [0.1, 0.15) is 262 Å². The molecular weight excluding hydrogens is 1130 g/mol. The SMILES string of the molecule is CCCCCCCCCCCCCCCC(=O)Oc1cc2c(cc1OC)[C@@]1(CS[C@@H]3c4c(OC(C)=O)c(C)c5c(c4[C@H](COC1=O)N1C3[C@H]3c4c(cc(C)c(OC)c4OC(=O)CCCCCCCCCCCCCCC)C[C@@H]([C@@H]1O)N3C)OCO5)NCC2. The minimum atomic E-state index is -1.45. The summed E-state index contributed by atoms with van der Waals surface area (Å²) >= 11 is 1.49. The second-order valence-electron chi connectivity index (χ2n) is 25.8. The summed E-state index contributed by atoms with van der Waals surface area (Å²) in [4.78, 5) is 60.9. The molecule has 2 N–H and O–H groups in total. The van der Waals surface area contributed by atoms with Crippen LogP contribution in [0.15, 0.2) is 18.2 Å². The summed E-state index contributed by atoms with van der Waals surface area (Å²) in [5, 5.41) is 16.1. The molecule has 16 nitrogen and oxygen atoms in total. The van der Waals surface area contributed by atoms with Crippen LogP contribution in [-0.4, -0.2) is 104 Å². The van der Waals surface area contributed by atoms with Gasteiger partial charge in [0.15, 0.2) is 40.0 Å². The number of hydrogen-bond donors (Lipinski definition) is 2. The lowest BCUT2D eigenvalue weighted by Crippen LogP contribution is -2.70. The fourth-order valence-corrected chi connectivity index (χ4v) is 16.7. The molecule has 3 aromatic carbocycles. The predicted molar refractivity (Wildman–Crippen MR) is 343 cm³/mol. The van der Waals surface area contributed by atoms with Crippen LogP contribution in [0.25, 0.3) is 0 Å². The summed E-state index contributed by atoms with van der Waals surface area (Å²) in [5.41, 5.74) is 4.41. The van der Waals surface area contributed by atoms with Crippen LogP contribution in [0.3, 0.4) is 0 Å². The fraction of sp³-hybridized carbons (Fsp3) is 0.690. The minimum absolute atomic E-state index is 0.0840. The van der Waals surface area contributed by atoms with Crippen molar-refractivity contribution in [1.29, 1.82) is 0 Å². The van der Waals surface area contributed by atoms with Crippen LogP contribution >= 0.6 is 11.8 Å². The molecule has 1 unspecified atom stereocenters. The smallest absolute Gasteiger partial charge is 0.331 e. The van der Waals surface area contributed by atoms with Gasteiger partial charge < -0.3 is 43.0 Å². The Bertz CT molecular complexity index is 2880. The van der Waals surface area contributed by atoms with Crippen molar-refractivity contribution < 1.29 is 62.2 Å². The molecule has 0 saturated carbocycles. The first-order valence-electron chi connectivity index (χ1n) is 34.0. The maximum atomic E-state index is 15.4. The molecule has 7 aliphatic rings. The van der Waals surface area contributed by atoms with Gasteiger partial charge in [-0.1, -0.05) is 174 Å². The largest absolute Gasteiger partial charge is 0.493 e. The standard InChI is InChI=1S/C71H103N3O13S/c1-9-11-13-15-17-19-21-23-25-27-29-31-33-35-56(76)86-55-41-49-37-38-72-71(51(49)42-54(55)80-7)44-88-68-60-59(66-65(83-45-84-66)47(4)64(60)85-48(5)75)53(43-82-70(71)79)74-62(68)61-58-50(40-52(69(74)78)73(61)6)39-46(3)63(81-8)67(58)87-57(77)36-34-32-30-28-26-24-22-20-18-16-14-12-10-2/h39,41-42,52-53,61-62,68-69,72,78H,9-38,40,43-45H2,1-8H3/t52-,53-,61+,62?,68+,69-,71+/m0/s1. The number of nitrogens with one attached hydrogen (secondary N) is 1. The number of carbonyl (C=O) groups is 4. The number of aryl methyl sites for hydroxylation is 1. The molecule has 7 aliphatic heterocycles. The number of piperazine rings is 1. The van der Waals surface area contributed by atoms with Gasteiger partial charge in [-0.05, 0) is 81.0 Å². The lowest BCUT2D eigenvalue weighted by molar-refractivity contribution is -0.186. The number of fused-ring (bicyclic) bond motifs is 9. The van der Waals surface area contributed by atoms with E-state index in [0.717, 1.165) is 60.8 Å². The zero-order valence-corrected chi connectivity index (χ0v) is 55.2. The fourth-order valence-electron chi connectivity index (χ4n) is 15.1.